The molecule has 1 aromatic heterocycles. The van der Waals surface area contributed by atoms with Gasteiger partial charge in [-0.25, -0.2) is 0 Å². The number of nitrogens with one attached hydrogen (secondary N) is 1. The number of ether oxygens (including phenoxy) is 1. The van der Waals surface area contributed by atoms with Gasteiger partial charge in [-0.3, -0.25) is 14.3 Å². The Hall–Kier alpha value is -2.83. The first-order valence-corrected chi connectivity index (χ1v) is 8.22. The molecule has 7 nitrogen and oxygen atoms in total. The number of rotatable bonds is 9. The maximum absolute atomic E-state index is 12.1. The predicted octanol–water partition coefficient (Wildman–Crippen LogP) is 2.64. The fraction of sp³-hybridized carbons (Fsp3) is 0.389. The first-order valence-electron chi connectivity index (χ1n) is 8.22. The van der Waals surface area contributed by atoms with E-state index < -0.39 is 5.97 Å². The number of hydrogen-bond acceptors (Lipinski definition) is 4. The molecule has 0 bridgehead atoms. The third kappa shape index (κ3) is 5.95. The third-order valence-corrected chi connectivity index (χ3v) is 3.55. The van der Waals surface area contributed by atoms with Gasteiger partial charge in [-0.1, -0.05) is 12.1 Å². The Morgan fingerprint density at radius 3 is 2.56 bits per heavy atom. The molecular weight excluding hydrogens is 322 g/mol. The molecule has 7 heteroatoms. The number of benzene rings is 1. The molecule has 0 atom stereocenters. The van der Waals surface area contributed by atoms with Crippen molar-refractivity contribution in [3.8, 4) is 5.75 Å². The van der Waals surface area contributed by atoms with Crippen LogP contribution in [0.4, 0.5) is 0 Å². The van der Waals surface area contributed by atoms with Crippen LogP contribution in [-0.2, 0) is 11.3 Å². The van der Waals surface area contributed by atoms with E-state index in [1.165, 1.54) is 0 Å². The number of nitrogens with zero attached hydrogens (tertiary/aromatic N) is 2. The summed E-state index contributed by atoms with van der Waals surface area (Å²) in [4.78, 5) is 22.5. The minimum atomic E-state index is -0.826. The van der Waals surface area contributed by atoms with Gasteiger partial charge in [0.05, 0.1) is 6.61 Å². The molecule has 134 valence electrons. The van der Waals surface area contributed by atoms with Crippen LogP contribution < -0.4 is 10.1 Å². The SMILES string of the molecule is CC(C)n1ccc(C(=O)NCc2ccc(OCCCC(=O)O)cc2)n1. The van der Waals surface area contributed by atoms with Gasteiger partial charge >= 0.3 is 5.97 Å². The van der Waals surface area contributed by atoms with Gasteiger partial charge < -0.3 is 15.2 Å². The zero-order chi connectivity index (χ0) is 18.2. The fourth-order valence-electron chi connectivity index (χ4n) is 2.14. The summed E-state index contributed by atoms with van der Waals surface area (Å²) in [5.74, 6) is -0.363. The highest BCUT2D eigenvalue weighted by atomic mass is 16.5. The first kappa shape index (κ1) is 18.5. The molecule has 2 rings (SSSR count). The molecule has 0 fully saturated rings. The summed E-state index contributed by atoms with van der Waals surface area (Å²) < 4.78 is 7.21. The monoisotopic (exact) mass is 345 g/mol. The largest absolute Gasteiger partial charge is 0.494 e. The lowest BCUT2D eigenvalue weighted by molar-refractivity contribution is -0.137. The van der Waals surface area contributed by atoms with E-state index in [2.05, 4.69) is 10.4 Å². The number of carboxylic acid groups (broad SMARTS) is 1. The van der Waals surface area contributed by atoms with E-state index in [1.54, 1.807) is 29.1 Å². The maximum atomic E-state index is 12.1. The zero-order valence-corrected chi connectivity index (χ0v) is 14.4. The zero-order valence-electron chi connectivity index (χ0n) is 14.4. The van der Waals surface area contributed by atoms with Gasteiger partial charge in [-0.05, 0) is 44.0 Å². The molecule has 0 saturated heterocycles. The van der Waals surface area contributed by atoms with Gasteiger partial charge in [-0.15, -0.1) is 0 Å². The van der Waals surface area contributed by atoms with Crippen molar-refractivity contribution in [2.24, 2.45) is 0 Å². The van der Waals surface area contributed by atoms with Crippen LogP contribution in [0.1, 0.15) is 48.8 Å². The lowest BCUT2D eigenvalue weighted by atomic mass is 10.2. The van der Waals surface area contributed by atoms with E-state index in [4.69, 9.17) is 9.84 Å². The van der Waals surface area contributed by atoms with Crippen molar-refractivity contribution in [1.82, 2.24) is 15.1 Å². The molecule has 0 aliphatic heterocycles. The highest BCUT2D eigenvalue weighted by Gasteiger charge is 2.10. The third-order valence-electron chi connectivity index (χ3n) is 3.55. The van der Waals surface area contributed by atoms with Crippen molar-refractivity contribution >= 4 is 11.9 Å². The molecule has 0 saturated carbocycles. The molecular formula is C18H23N3O4. The summed E-state index contributed by atoms with van der Waals surface area (Å²) in [5.41, 5.74) is 1.33. The number of hydrogen-bond donors (Lipinski definition) is 2. The molecule has 0 aliphatic carbocycles. The van der Waals surface area contributed by atoms with Crippen molar-refractivity contribution in [3.05, 3.63) is 47.8 Å². The standard InChI is InChI=1S/C18H23N3O4/c1-13(2)21-10-9-16(20-21)18(24)19-12-14-5-7-15(8-6-14)25-11-3-4-17(22)23/h5-10,13H,3-4,11-12H2,1-2H3,(H,19,24)(H,22,23). The van der Waals surface area contributed by atoms with Gasteiger partial charge in [-0.2, -0.15) is 5.10 Å². The first-order chi connectivity index (χ1) is 12.0. The van der Waals surface area contributed by atoms with Crippen LogP contribution in [0.25, 0.3) is 0 Å². The van der Waals surface area contributed by atoms with Crippen LogP contribution in [0, 0.1) is 0 Å². The van der Waals surface area contributed by atoms with Crippen LogP contribution in [0.5, 0.6) is 5.75 Å². The molecule has 0 spiro atoms. The Labute approximate surface area is 146 Å². The van der Waals surface area contributed by atoms with Crippen LogP contribution in [0.15, 0.2) is 36.5 Å². The van der Waals surface area contributed by atoms with Crippen LogP contribution >= 0.6 is 0 Å². The summed E-state index contributed by atoms with van der Waals surface area (Å²) in [7, 11) is 0. The smallest absolute Gasteiger partial charge is 0.303 e. The molecule has 0 radical (unpaired) electrons. The normalized spacial score (nSPS) is 10.7. The molecule has 1 heterocycles. The topological polar surface area (TPSA) is 93.5 Å². The van der Waals surface area contributed by atoms with Crippen LogP contribution in [0.3, 0.4) is 0 Å². The maximum Gasteiger partial charge on any atom is 0.303 e. The van der Waals surface area contributed by atoms with E-state index in [-0.39, 0.29) is 18.4 Å². The highest BCUT2D eigenvalue weighted by molar-refractivity contribution is 5.92. The van der Waals surface area contributed by atoms with Crippen molar-refractivity contribution in [1.29, 1.82) is 0 Å². The Balaban J connectivity index is 1.78. The molecule has 2 N–H and O–H groups in total. The van der Waals surface area contributed by atoms with E-state index in [9.17, 15) is 9.59 Å². The fourth-order valence-corrected chi connectivity index (χ4v) is 2.14. The molecule has 0 aliphatic rings. The van der Waals surface area contributed by atoms with Gasteiger partial charge in [0.2, 0.25) is 0 Å². The lowest BCUT2D eigenvalue weighted by Crippen LogP contribution is -2.23. The average Bonchev–Trinajstić information content (AvgIpc) is 3.08. The van der Waals surface area contributed by atoms with Crippen molar-refractivity contribution in [2.75, 3.05) is 6.61 Å². The highest BCUT2D eigenvalue weighted by Crippen LogP contribution is 2.13. The second-order valence-corrected chi connectivity index (χ2v) is 5.95. The molecule has 0 unspecified atom stereocenters. The van der Waals surface area contributed by atoms with Crippen molar-refractivity contribution in [2.45, 2.75) is 39.3 Å². The molecule has 2 aromatic rings. The number of carbonyl (C=O) groups is 2. The summed E-state index contributed by atoms with van der Waals surface area (Å²) >= 11 is 0. The van der Waals surface area contributed by atoms with Crippen LogP contribution in [0.2, 0.25) is 0 Å². The predicted molar refractivity (Wildman–Crippen MR) is 92.6 cm³/mol. The Morgan fingerprint density at radius 2 is 1.96 bits per heavy atom. The van der Waals surface area contributed by atoms with E-state index in [0.717, 1.165) is 5.56 Å². The number of amides is 1. The summed E-state index contributed by atoms with van der Waals surface area (Å²) in [6, 6.07) is 9.23. The van der Waals surface area contributed by atoms with Crippen LogP contribution in [-0.4, -0.2) is 33.4 Å². The average molecular weight is 345 g/mol. The number of carbonyl (C=O) groups excluding carboxylic acids is 1. The number of aromatic nitrogens is 2. The number of aliphatic carboxylic acids is 1. The summed E-state index contributed by atoms with van der Waals surface area (Å²) in [6.07, 6.45) is 2.35. The van der Waals surface area contributed by atoms with Gasteiger partial charge in [0, 0.05) is 25.2 Å². The number of carboxylic acids is 1. The van der Waals surface area contributed by atoms with Gasteiger partial charge in [0.1, 0.15) is 11.4 Å². The second kappa shape index (κ2) is 8.86. The van der Waals surface area contributed by atoms with Crippen molar-refractivity contribution < 1.29 is 19.4 Å². The Morgan fingerprint density at radius 1 is 1.24 bits per heavy atom. The quantitative estimate of drug-likeness (QED) is 0.682. The second-order valence-electron chi connectivity index (χ2n) is 5.95. The molecule has 25 heavy (non-hydrogen) atoms. The summed E-state index contributed by atoms with van der Waals surface area (Å²) in [6.45, 7) is 4.76. The molecule has 1 aromatic carbocycles. The van der Waals surface area contributed by atoms with Gasteiger partial charge in [0.15, 0.2) is 0 Å². The van der Waals surface area contributed by atoms with E-state index in [0.29, 0.717) is 31.0 Å². The lowest BCUT2D eigenvalue weighted by Gasteiger charge is -2.07. The van der Waals surface area contributed by atoms with Gasteiger partial charge in [0.25, 0.3) is 5.91 Å². The summed E-state index contributed by atoms with van der Waals surface area (Å²) in [5, 5.41) is 15.6. The van der Waals surface area contributed by atoms with E-state index >= 15 is 0 Å². The van der Waals surface area contributed by atoms with E-state index in [1.807, 2.05) is 26.0 Å². The minimum Gasteiger partial charge on any atom is -0.494 e. The minimum absolute atomic E-state index is 0.0939. The Bertz CT molecular complexity index is 707. The Kier molecular flexibility index (Phi) is 6.56. The van der Waals surface area contributed by atoms with Crippen molar-refractivity contribution in [3.63, 3.8) is 0 Å². The molecule has 1 amide bonds.